The van der Waals surface area contributed by atoms with E-state index in [1.54, 1.807) is 0 Å². The summed E-state index contributed by atoms with van der Waals surface area (Å²) in [6.45, 7) is 0. The van der Waals surface area contributed by atoms with Crippen LogP contribution in [0.15, 0.2) is 0 Å². The molecule has 0 saturated carbocycles. The van der Waals surface area contributed by atoms with Crippen LogP contribution in [0.25, 0.3) is 0 Å². The van der Waals surface area contributed by atoms with Crippen LogP contribution in [0.1, 0.15) is 6.42 Å². The fourth-order valence-electron chi connectivity index (χ4n) is 0.508. The first-order valence-corrected chi connectivity index (χ1v) is 3.06. The van der Waals surface area contributed by atoms with Gasteiger partial charge >= 0.3 is 12.1 Å². The topological polar surface area (TPSA) is 89.3 Å². The third kappa shape index (κ3) is 3.54. The Kier molecular flexibility index (Phi) is 3.47. The SMILES string of the molecule is N[C@@H](C[C@H](N)C(F)(F)F)C(=O)O. The molecule has 0 aliphatic heterocycles. The Morgan fingerprint density at radius 1 is 1.42 bits per heavy atom. The van der Waals surface area contributed by atoms with Crippen LogP contribution in [0.3, 0.4) is 0 Å². The number of rotatable bonds is 3. The van der Waals surface area contributed by atoms with Gasteiger partial charge in [-0.3, -0.25) is 4.79 Å². The minimum atomic E-state index is -4.59. The third-order valence-electron chi connectivity index (χ3n) is 1.25. The van der Waals surface area contributed by atoms with Crippen molar-refractivity contribution in [3.63, 3.8) is 0 Å². The minimum absolute atomic E-state index is 0.807. The van der Waals surface area contributed by atoms with Crippen molar-refractivity contribution in [2.24, 2.45) is 11.5 Å². The fraction of sp³-hybridized carbons (Fsp3) is 0.800. The normalized spacial score (nSPS) is 17.1. The van der Waals surface area contributed by atoms with Crippen LogP contribution in [-0.4, -0.2) is 29.3 Å². The molecule has 0 amide bonds. The maximum Gasteiger partial charge on any atom is 0.403 e. The van der Waals surface area contributed by atoms with E-state index in [0.29, 0.717) is 0 Å². The molecular formula is C5H9F3N2O2. The lowest BCUT2D eigenvalue weighted by Crippen LogP contribution is -2.44. The molecule has 0 unspecified atom stereocenters. The number of carbonyl (C=O) groups is 1. The highest BCUT2D eigenvalue weighted by atomic mass is 19.4. The van der Waals surface area contributed by atoms with E-state index in [1.165, 1.54) is 0 Å². The van der Waals surface area contributed by atoms with E-state index in [1.807, 2.05) is 0 Å². The summed E-state index contributed by atoms with van der Waals surface area (Å²) in [6.07, 6.45) is -5.40. The van der Waals surface area contributed by atoms with E-state index in [-0.39, 0.29) is 0 Å². The van der Waals surface area contributed by atoms with Gasteiger partial charge in [0, 0.05) is 0 Å². The Hall–Kier alpha value is -0.820. The lowest BCUT2D eigenvalue weighted by atomic mass is 10.1. The molecule has 0 bridgehead atoms. The van der Waals surface area contributed by atoms with E-state index in [9.17, 15) is 18.0 Å². The van der Waals surface area contributed by atoms with Gasteiger partial charge in [-0.2, -0.15) is 13.2 Å². The molecule has 0 fully saturated rings. The van der Waals surface area contributed by atoms with Crippen LogP contribution < -0.4 is 11.5 Å². The highest BCUT2D eigenvalue weighted by Crippen LogP contribution is 2.21. The van der Waals surface area contributed by atoms with Crippen molar-refractivity contribution < 1.29 is 23.1 Å². The van der Waals surface area contributed by atoms with Crippen LogP contribution in [0.5, 0.6) is 0 Å². The summed E-state index contributed by atoms with van der Waals surface area (Å²) in [7, 11) is 0. The molecule has 5 N–H and O–H groups in total. The van der Waals surface area contributed by atoms with Crippen LogP contribution in [0.2, 0.25) is 0 Å². The number of hydrogen-bond acceptors (Lipinski definition) is 3. The molecule has 0 aromatic rings. The van der Waals surface area contributed by atoms with Gasteiger partial charge in [0.25, 0.3) is 0 Å². The van der Waals surface area contributed by atoms with Gasteiger partial charge in [0.2, 0.25) is 0 Å². The molecule has 0 spiro atoms. The standard InChI is InChI=1S/C5H9F3N2O2/c6-5(7,8)3(10)1-2(9)4(11)12/h2-3H,1,9-10H2,(H,11,12)/t2-,3-/m0/s1. The number of alkyl halides is 3. The van der Waals surface area contributed by atoms with Gasteiger partial charge in [0.1, 0.15) is 12.1 Å². The molecule has 12 heavy (non-hydrogen) atoms. The van der Waals surface area contributed by atoms with Crippen molar-refractivity contribution in [1.29, 1.82) is 0 Å². The molecule has 0 heterocycles. The second-order valence-electron chi connectivity index (χ2n) is 2.33. The van der Waals surface area contributed by atoms with E-state index < -0.39 is 30.7 Å². The largest absolute Gasteiger partial charge is 0.480 e. The Labute approximate surface area is 66.3 Å². The van der Waals surface area contributed by atoms with Crippen LogP contribution >= 0.6 is 0 Å². The van der Waals surface area contributed by atoms with E-state index >= 15 is 0 Å². The number of nitrogens with two attached hydrogens (primary N) is 2. The van der Waals surface area contributed by atoms with Crippen molar-refractivity contribution >= 4 is 5.97 Å². The fourth-order valence-corrected chi connectivity index (χ4v) is 0.508. The number of carboxylic acid groups (broad SMARTS) is 1. The molecule has 0 saturated heterocycles. The predicted octanol–water partition coefficient (Wildman–Crippen LogP) is -0.322. The van der Waals surface area contributed by atoms with Gasteiger partial charge < -0.3 is 16.6 Å². The number of hydrogen-bond donors (Lipinski definition) is 3. The molecule has 72 valence electrons. The molecule has 0 aromatic heterocycles. The van der Waals surface area contributed by atoms with Crippen molar-refractivity contribution in [2.45, 2.75) is 24.7 Å². The Bertz CT molecular complexity index is 171. The highest BCUT2D eigenvalue weighted by molar-refractivity contribution is 5.73. The number of aliphatic carboxylic acids is 1. The number of halogens is 3. The lowest BCUT2D eigenvalue weighted by Gasteiger charge is -2.16. The van der Waals surface area contributed by atoms with Gasteiger partial charge in [0.05, 0.1) is 0 Å². The van der Waals surface area contributed by atoms with Gasteiger partial charge in [-0.1, -0.05) is 0 Å². The zero-order valence-corrected chi connectivity index (χ0v) is 6.01. The molecule has 4 nitrogen and oxygen atoms in total. The molecule has 7 heteroatoms. The summed E-state index contributed by atoms with van der Waals surface area (Å²) in [5, 5.41) is 8.15. The van der Waals surface area contributed by atoms with Gasteiger partial charge in [0.15, 0.2) is 0 Å². The maximum absolute atomic E-state index is 11.7. The Balaban J connectivity index is 4.01. The number of carboxylic acids is 1. The van der Waals surface area contributed by atoms with Crippen LogP contribution in [0.4, 0.5) is 13.2 Å². The van der Waals surface area contributed by atoms with E-state index in [4.69, 9.17) is 10.8 Å². The average Bonchev–Trinajstić information content (AvgIpc) is 1.85. The first kappa shape index (κ1) is 11.2. The molecule has 0 aromatic carbocycles. The summed E-state index contributed by atoms with van der Waals surface area (Å²) in [5.41, 5.74) is 9.46. The zero-order chi connectivity index (χ0) is 9.94. The summed E-state index contributed by atoms with van der Waals surface area (Å²) in [4.78, 5) is 10.0. The predicted molar refractivity (Wildman–Crippen MR) is 34.3 cm³/mol. The second-order valence-corrected chi connectivity index (χ2v) is 2.33. The molecule has 0 aliphatic carbocycles. The monoisotopic (exact) mass is 186 g/mol. The lowest BCUT2D eigenvalue weighted by molar-refractivity contribution is -0.153. The average molecular weight is 186 g/mol. The van der Waals surface area contributed by atoms with Gasteiger partial charge in [-0.25, -0.2) is 0 Å². The van der Waals surface area contributed by atoms with E-state index in [0.717, 1.165) is 0 Å². The minimum Gasteiger partial charge on any atom is -0.480 e. The smallest absolute Gasteiger partial charge is 0.403 e. The molecule has 0 rings (SSSR count). The van der Waals surface area contributed by atoms with Crippen molar-refractivity contribution in [3.8, 4) is 0 Å². The van der Waals surface area contributed by atoms with E-state index in [2.05, 4.69) is 5.73 Å². The van der Waals surface area contributed by atoms with Crippen molar-refractivity contribution in [2.75, 3.05) is 0 Å². The first-order chi connectivity index (χ1) is 5.25. The van der Waals surface area contributed by atoms with Gasteiger partial charge in [-0.05, 0) is 6.42 Å². The second kappa shape index (κ2) is 3.72. The van der Waals surface area contributed by atoms with Gasteiger partial charge in [-0.15, -0.1) is 0 Å². The van der Waals surface area contributed by atoms with Crippen LogP contribution in [-0.2, 0) is 4.79 Å². The maximum atomic E-state index is 11.7. The zero-order valence-electron chi connectivity index (χ0n) is 6.01. The summed E-state index contributed by atoms with van der Waals surface area (Å²) in [6, 6.07) is -3.75. The molecule has 0 aliphatic rings. The Morgan fingerprint density at radius 3 is 2.08 bits per heavy atom. The highest BCUT2D eigenvalue weighted by Gasteiger charge is 2.38. The molecular weight excluding hydrogens is 177 g/mol. The summed E-state index contributed by atoms with van der Waals surface area (Å²) >= 11 is 0. The molecule has 2 atom stereocenters. The summed E-state index contributed by atoms with van der Waals surface area (Å²) < 4.78 is 35.1. The first-order valence-electron chi connectivity index (χ1n) is 3.06. The van der Waals surface area contributed by atoms with Crippen molar-refractivity contribution in [3.05, 3.63) is 0 Å². The third-order valence-corrected chi connectivity index (χ3v) is 1.25. The van der Waals surface area contributed by atoms with Crippen LogP contribution in [0, 0.1) is 0 Å². The quantitative estimate of drug-likeness (QED) is 0.563. The Morgan fingerprint density at radius 2 is 1.83 bits per heavy atom. The molecule has 0 radical (unpaired) electrons. The summed E-state index contributed by atoms with van der Waals surface area (Å²) in [5.74, 6) is -1.49. The van der Waals surface area contributed by atoms with Crippen molar-refractivity contribution in [1.82, 2.24) is 0 Å².